The third kappa shape index (κ3) is 1.93. The molecule has 4 nitrogen and oxygen atoms in total. The van der Waals surface area contributed by atoms with Crippen LogP contribution in [0.5, 0.6) is 0 Å². The topological polar surface area (TPSA) is 57.2 Å². The Hall–Kier alpha value is -1.41. The molecule has 0 spiro atoms. The van der Waals surface area contributed by atoms with Gasteiger partial charge >= 0.3 is 0 Å². The summed E-state index contributed by atoms with van der Waals surface area (Å²) >= 11 is 4.21. The Morgan fingerprint density at radius 1 is 1.59 bits per heavy atom. The van der Waals surface area contributed by atoms with E-state index in [1.807, 2.05) is 6.92 Å². The maximum atomic E-state index is 11.9. The normalized spacial score (nSPS) is 19.8. The maximum Gasteiger partial charge on any atom is 0.229 e. The number of furan rings is 1. The molecule has 0 N–H and O–H groups in total. The van der Waals surface area contributed by atoms with Gasteiger partial charge in [-0.25, -0.2) is 0 Å². The highest BCUT2D eigenvalue weighted by Crippen LogP contribution is 2.33. The Kier molecular flexibility index (Phi) is 3.16. The van der Waals surface area contributed by atoms with Crippen LogP contribution in [-0.2, 0) is 4.79 Å². The molecule has 1 aromatic rings. The van der Waals surface area contributed by atoms with Gasteiger partial charge in [-0.3, -0.25) is 9.69 Å². The van der Waals surface area contributed by atoms with E-state index in [2.05, 4.69) is 18.7 Å². The molecule has 1 saturated heterocycles. The summed E-state index contributed by atoms with van der Waals surface area (Å²) in [5, 5.41) is 9.12. The fourth-order valence-corrected chi connectivity index (χ4v) is 2.28. The van der Waals surface area contributed by atoms with E-state index in [1.54, 1.807) is 11.8 Å². The average molecular weight is 250 g/mol. The van der Waals surface area contributed by atoms with Crippen LogP contribution in [0, 0.1) is 31.1 Å². The summed E-state index contributed by atoms with van der Waals surface area (Å²) < 4.78 is 5.54. The van der Waals surface area contributed by atoms with E-state index < -0.39 is 0 Å². The second-order valence-electron chi connectivity index (χ2n) is 4.33. The van der Waals surface area contributed by atoms with Gasteiger partial charge < -0.3 is 4.42 Å². The standard InChI is InChI=1S/C12H14N2O2S/c1-7-8(2)16-12(10(7)4-13)14-5-9(6-17)3-11(14)15/h9,17H,3,5-6H2,1-2H3. The van der Waals surface area contributed by atoms with Crippen LogP contribution in [0.25, 0.3) is 0 Å². The van der Waals surface area contributed by atoms with Crippen LogP contribution in [0.1, 0.15) is 23.3 Å². The summed E-state index contributed by atoms with van der Waals surface area (Å²) in [6, 6.07) is 2.11. The summed E-state index contributed by atoms with van der Waals surface area (Å²) in [5.41, 5.74) is 1.28. The van der Waals surface area contributed by atoms with Crippen LogP contribution in [0.2, 0.25) is 0 Å². The van der Waals surface area contributed by atoms with E-state index in [9.17, 15) is 4.79 Å². The molecule has 1 atom stereocenters. The number of carbonyl (C=O) groups is 1. The average Bonchev–Trinajstić information content (AvgIpc) is 2.81. The Labute approximate surface area is 106 Å². The number of hydrogen-bond acceptors (Lipinski definition) is 4. The minimum atomic E-state index is 0.00861. The van der Waals surface area contributed by atoms with Gasteiger partial charge in [0.1, 0.15) is 17.4 Å². The van der Waals surface area contributed by atoms with Crippen molar-refractivity contribution in [1.29, 1.82) is 5.26 Å². The van der Waals surface area contributed by atoms with Crippen molar-refractivity contribution in [2.45, 2.75) is 20.3 Å². The number of hydrogen-bond donors (Lipinski definition) is 1. The third-order valence-corrected chi connectivity index (χ3v) is 3.70. The van der Waals surface area contributed by atoms with Crippen molar-refractivity contribution in [3.8, 4) is 6.07 Å². The van der Waals surface area contributed by atoms with Crippen LogP contribution in [0.4, 0.5) is 5.88 Å². The lowest BCUT2D eigenvalue weighted by molar-refractivity contribution is -0.117. The number of nitriles is 1. The van der Waals surface area contributed by atoms with Crippen molar-refractivity contribution in [2.75, 3.05) is 17.2 Å². The molecule has 2 heterocycles. The number of amides is 1. The minimum Gasteiger partial charge on any atom is -0.444 e. The molecule has 0 aliphatic carbocycles. The zero-order chi connectivity index (χ0) is 12.6. The van der Waals surface area contributed by atoms with E-state index in [4.69, 9.17) is 9.68 Å². The molecule has 1 aromatic heterocycles. The Morgan fingerprint density at radius 2 is 2.29 bits per heavy atom. The van der Waals surface area contributed by atoms with Crippen molar-refractivity contribution >= 4 is 24.4 Å². The van der Waals surface area contributed by atoms with Crippen LogP contribution >= 0.6 is 12.6 Å². The minimum absolute atomic E-state index is 0.00861. The molecule has 5 heteroatoms. The van der Waals surface area contributed by atoms with Gasteiger partial charge in [0.25, 0.3) is 0 Å². The highest BCUT2D eigenvalue weighted by Gasteiger charge is 2.34. The van der Waals surface area contributed by atoms with Gasteiger partial charge in [-0.1, -0.05) is 0 Å². The van der Waals surface area contributed by atoms with E-state index in [0.29, 0.717) is 35.9 Å². The zero-order valence-electron chi connectivity index (χ0n) is 9.86. The molecular formula is C12H14N2O2S. The van der Waals surface area contributed by atoms with Gasteiger partial charge in [0.2, 0.25) is 11.8 Å². The highest BCUT2D eigenvalue weighted by atomic mass is 32.1. The third-order valence-electron chi connectivity index (χ3n) is 3.19. The number of anilines is 1. The molecule has 0 radical (unpaired) electrons. The fourth-order valence-electron chi connectivity index (χ4n) is 2.03. The SMILES string of the molecule is Cc1oc(N2CC(CS)CC2=O)c(C#N)c1C. The first-order valence-corrected chi connectivity index (χ1v) is 6.13. The Morgan fingerprint density at radius 3 is 2.82 bits per heavy atom. The lowest BCUT2D eigenvalue weighted by atomic mass is 10.1. The first-order valence-electron chi connectivity index (χ1n) is 5.49. The number of carbonyl (C=O) groups excluding carboxylic acids is 1. The summed E-state index contributed by atoms with van der Waals surface area (Å²) in [6.07, 6.45) is 0.479. The van der Waals surface area contributed by atoms with Crippen molar-refractivity contribution in [2.24, 2.45) is 5.92 Å². The van der Waals surface area contributed by atoms with Crippen molar-refractivity contribution in [3.63, 3.8) is 0 Å². The molecule has 0 aromatic carbocycles. The first-order chi connectivity index (χ1) is 8.08. The fraction of sp³-hybridized carbons (Fsp3) is 0.500. The molecule has 1 aliphatic heterocycles. The van der Waals surface area contributed by atoms with Crippen LogP contribution in [0.3, 0.4) is 0 Å². The number of aryl methyl sites for hydroxylation is 1. The lowest BCUT2D eigenvalue weighted by Crippen LogP contribution is -2.25. The smallest absolute Gasteiger partial charge is 0.229 e. The molecule has 90 valence electrons. The van der Waals surface area contributed by atoms with Gasteiger partial charge in [-0.15, -0.1) is 0 Å². The van der Waals surface area contributed by atoms with E-state index in [-0.39, 0.29) is 11.8 Å². The Bertz CT molecular complexity index is 501. The molecule has 1 fully saturated rings. The molecule has 1 aliphatic rings. The molecule has 1 unspecified atom stereocenters. The molecule has 0 bridgehead atoms. The summed E-state index contributed by atoms with van der Waals surface area (Å²) in [5.74, 6) is 2.01. The van der Waals surface area contributed by atoms with Gasteiger partial charge in [0.15, 0.2) is 0 Å². The van der Waals surface area contributed by atoms with Gasteiger partial charge in [-0.2, -0.15) is 17.9 Å². The molecule has 2 rings (SSSR count). The predicted octanol–water partition coefficient (Wildman–Crippen LogP) is 2.05. The maximum absolute atomic E-state index is 11.9. The largest absolute Gasteiger partial charge is 0.444 e. The molecule has 17 heavy (non-hydrogen) atoms. The van der Waals surface area contributed by atoms with Gasteiger partial charge in [0.05, 0.1) is 0 Å². The van der Waals surface area contributed by atoms with Crippen LogP contribution in [-0.4, -0.2) is 18.2 Å². The highest BCUT2D eigenvalue weighted by molar-refractivity contribution is 7.80. The zero-order valence-corrected chi connectivity index (χ0v) is 10.8. The summed E-state index contributed by atoms with van der Waals surface area (Å²) in [6.45, 7) is 4.22. The van der Waals surface area contributed by atoms with Gasteiger partial charge in [-0.05, 0) is 25.5 Å². The number of rotatable bonds is 2. The second kappa shape index (κ2) is 4.46. The molecule has 1 amide bonds. The number of thiol groups is 1. The Balaban J connectivity index is 2.39. The summed E-state index contributed by atoms with van der Waals surface area (Å²) in [4.78, 5) is 13.4. The van der Waals surface area contributed by atoms with E-state index in [1.165, 1.54) is 0 Å². The van der Waals surface area contributed by atoms with E-state index in [0.717, 1.165) is 5.56 Å². The lowest BCUT2D eigenvalue weighted by Gasteiger charge is -2.13. The summed E-state index contributed by atoms with van der Waals surface area (Å²) in [7, 11) is 0. The monoisotopic (exact) mass is 250 g/mol. The van der Waals surface area contributed by atoms with Crippen LogP contribution < -0.4 is 4.90 Å². The molecular weight excluding hydrogens is 236 g/mol. The number of nitrogens with zero attached hydrogens (tertiary/aromatic N) is 2. The second-order valence-corrected chi connectivity index (χ2v) is 4.70. The van der Waals surface area contributed by atoms with Gasteiger partial charge in [0, 0.05) is 18.5 Å². The molecule has 0 saturated carbocycles. The quantitative estimate of drug-likeness (QED) is 0.817. The first kappa shape index (κ1) is 12.1. The van der Waals surface area contributed by atoms with Crippen LogP contribution in [0.15, 0.2) is 4.42 Å². The van der Waals surface area contributed by atoms with Crippen molar-refractivity contribution < 1.29 is 9.21 Å². The van der Waals surface area contributed by atoms with Crippen molar-refractivity contribution in [1.82, 2.24) is 0 Å². The predicted molar refractivity (Wildman–Crippen MR) is 67.2 cm³/mol. The van der Waals surface area contributed by atoms with E-state index >= 15 is 0 Å². The van der Waals surface area contributed by atoms with Crippen molar-refractivity contribution in [3.05, 3.63) is 16.9 Å².